The van der Waals surface area contributed by atoms with Crippen LogP contribution in [0.4, 0.5) is 0 Å². The fraction of sp³-hybridized carbons (Fsp3) is 0.467. The number of nitrogens with zero attached hydrogens (tertiary/aromatic N) is 1. The largest absolute Gasteiger partial charge is 0.370 e. The second-order valence-electron chi connectivity index (χ2n) is 5.75. The Morgan fingerprint density at radius 3 is 3.00 bits per heavy atom. The van der Waals surface area contributed by atoms with E-state index in [1.54, 1.807) is 6.20 Å². The molecule has 110 valence electrons. The van der Waals surface area contributed by atoms with Crippen molar-refractivity contribution >= 4 is 5.91 Å². The van der Waals surface area contributed by atoms with Gasteiger partial charge < -0.3 is 15.0 Å². The standard InChI is InChI=1S/C15H18N4O2/c20-15(10-3-6-16-13(10)9-1-2-9)18-11-5-8-21-14(11)12-4-7-17-19-12/h3-4,6-7,9,11,14,16H,1-2,5,8H2,(H,17,19)(H,18,20)/t11-,14-/m0/s1. The van der Waals surface area contributed by atoms with Crippen LogP contribution in [0.25, 0.3) is 0 Å². The number of amides is 1. The predicted molar refractivity (Wildman–Crippen MR) is 75.9 cm³/mol. The third-order valence-electron chi connectivity index (χ3n) is 4.25. The summed E-state index contributed by atoms with van der Waals surface area (Å²) in [5.74, 6) is 0.516. The quantitative estimate of drug-likeness (QED) is 0.802. The van der Waals surface area contributed by atoms with Crippen molar-refractivity contribution < 1.29 is 9.53 Å². The first-order chi connectivity index (χ1) is 10.3. The van der Waals surface area contributed by atoms with Crippen molar-refractivity contribution in [2.45, 2.75) is 37.3 Å². The number of aromatic amines is 2. The average Bonchev–Trinajstić information content (AvgIpc) is 2.94. The van der Waals surface area contributed by atoms with Crippen LogP contribution in [-0.4, -0.2) is 33.7 Å². The smallest absolute Gasteiger partial charge is 0.253 e. The fourth-order valence-electron chi connectivity index (χ4n) is 3.01. The average molecular weight is 286 g/mol. The fourth-order valence-corrected chi connectivity index (χ4v) is 3.01. The lowest BCUT2D eigenvalue weighted by Crippen LogP contribution is -2.37. The lowest BCUT2D eigenvalue weighted by atomic mass is 10.1. The predicted octanol–water partition coefficient (Wildman–Crippen LogP) is 1.88. The molecular weight excluding hydrogens is 268 g/mol. The van der Waals surface area contributed by atoms with E-state index in [4.69, 9.17) is 4.74 Å². The first-order valence-corrected chi connectivity index (χ1v) is 7.42. The second kappa shape index (κ2) is 5.04. The van der Waals surface area contributed by atoms with E-state index in [1.165, 1.54) is 12.8 Å². The SMILES string of the molecule is O=C(N[C@H]1CCO[C@@H]1c1ccn[nH]1)c1cc[nH]c1C1CC1. The zero-order valence-corrected chi connectivity index (χ0v) is 11.6. The highest BCUT2D eigenvalue weighted by molar-refractivity contribution is 5.96. The molecular formula is C15H18N4O2. The number of carbonyl (C=O) groups is 1. The summed E-state index contributed by atoms with van der Waals surface area (Å²) in [6, 6.07) is 3.74. The molecule has 21 heavy (non-hydrogen) atoms. The molecule has 1 saturated carbocycles. The maximum absolute atomic E-state index is 12.5. The lowest BCUT2D eigenvalue weighted by Gasteiger charge is -2.18. The highest BCUT2D eigenvalue weighted by Gasteiger charge is 2.34. The number of aromatic nitrogens is 3. The van der Waals surface area contributed by atoms with Crippen LogP contribution in [0.3, 0.4) is 0 Å². The number of H-pyrrole nitrogens is 2. The van der Waals surface area contributed by atoms with Gasteiger partial charge in [0.05, 0.1) is 17.3 Å². The topological polar surface area (TPSA) is 82.8 Å². The minimum atomic E-state index is -0.139. The molecule has 3 N–H and O–H groups in total. The minimum absolute atomic E-state index is 0.0140. The monoisotopic (exact) mass is 286 g/mol. The molecule has 0 aromatic carbocycles. The molecule has 0 spiro atoms. The summed E-state index contributed by atoms with van der Waals surface area (Å²) < 4.78 is 5.72. The highest BCUT2D eigenvalue weighted by atomic mass is 16.5. The van der Waals surface area contributed by atoms with Gasteiger partial charge in [-0.15, -0.1) is 0 Å². The summed E-state index contributed by atoms with van der Waals surface area (Å²) >= 11 is 0. The van der Waals surface area contributed by atoms with Gasteiger partial charge in [-0.3, -0.25) is 9.89 Å². The lowest BCUT2D eigenvalue weighted by molar-refractivity contribution is 0.0807. The Labute approximate surface area is 122 Å². The maximum atomic E-state index is 12.5. The molecule has 1 saturated heterocycles. The van der Waals surface area contributed by atoms with Crippen LogP contribution in [0.1, 0.15) is 53.0 Å². The summed E-state index contributed by atoms with van der Waals surface area (Å²) in [4.78, 5) is 15.7. The van der Waals surface area contributed by atoms with Gasteiger partial charge in [0, 0.05) is 24.7 Å². The van der Waals surface area contributed by atoms with Crippen LogP contribution in [0.2, 0.25) is 0 Å². The summed E-state index contributed by atoms with van der Waals surface area (Å²) in [6.45, 7) is 0.650. The summed E-state index contributed by atoms with van der Waals surface area (Å²) in [5, 5.41) is 9.99. The molecule has 1 amide bonds. The van der Waals surface area contributed by atoms with Crippen LogP contribution in [0.5, 0.6) is 0 Å². The Bertz CT molecular complexity index is 630. The van der Waals surface area contributed by atoms with Crippen molar-refractivity contribution in [2.24, 2.45) is 0 Å². The van der Waals surface area contributed by atoms with E-state index in [0.29, 0.717) is 12.5 Å². The molecule has 2 aromatic heterocycles. The number of carbonyl (C=O) groups excluding carboxylic acids is 1. The van der Waals surface area contributed by atoms with Gasteiger partial charge in [0.15, 0.2) is 0 Å². The second-order valence-corrected chi connectivity index (χ2v) is 5.75. The zero-order valence-electron chi connectivity index (χ0n) is 11.6. The van der Waals surface area contributed by atoms with Gasteiger partial charge in [0.1, 0.15) is 6.10 Å². The molecule has 0 unspecified atom stereocenters. The molecule has 1 aliphatic heterocycles. The van der Waals surface area contributed by atoms with Gasteiger partial charge in [0.2, 0.25) is 0 Å². The van der Waals surface area contributed by atoms with Gasteiger partial charge in [-0.2, -0.15) is 5.10 Å². The van der Waals surface area contributed by atoms with Crippen molar-refractivity contribution in [2.75, 3.05) is 6.61 Å². The van der Waals surface area contributed by atoms with Crippen molar-refractivity contribution in [1.29, 1.82) is 0 Å². The van der Waals surface area contributed by atoms with E-state index in [1.807, 2.05) is 18.3 Å². The summed E-state index contributed by atoms with van der Waals surface area (Å²) in [6.07, 6.45) is 6.57. The van der Waals surface area contributed by atoms with Crippen LogP contribution in [0.15, 0.2) is 24.5 Å². The number of ether oxygens (including phenoxy) is 1. The number of nitrogens with one attached hydrogen (secondary N) is 3. The van der Waals surface area contributed by atoms with Crippen molar-refractivity contribution in [3.8, 4) is 0 Å². The number of rotatable bonds is 4. The zero-order chi connectivity index (χ0) is 14.2. The Hall–Kier alpha value is -2.08. The molecule has 1 aliphatic carbocycles. The normalized spacial score (nSPS) is 25.1. The molecule has 6 heteroatoms. The molecule has 3 heterocycles. The van der Waals surface area contributed by atoms with Gasteiger partial charge in [-0.05, 0) is 37.3 Å². The first kappa shape index (κ1) is 12.6. The third kappa shape index (κ3) is 2.35. The van der Waals surface area contributed by atoms with Gasteiger partial charge in [-0.1, -0.05) is 0 Å². The van der Waals surface area contributed by atoms with E-state index in [0.717, 1.165) is 23.4 Å². The van der Waals surface area contributed by atoms with E-state index in [9.17, 15) is 4.79 Å². The minimum Gasteiger partial charge on any atom is -0.370 e. The van der Waals surface area contributed by atoms with Crippen molar-refractivity contribution in [1.82, 2.24) is 20.5 Å². The molecule has 2 aromatic rings. The summed E-state index contributed by atoms with van der Waals surface area (Å²) in [5.41, 5.74) is 2.76. The molecule has 2 atom stereocenters. The molecule has 6 nitrogen and oxygen atoms in total. The Balaban J connectivity index is 1.49. The molecule has 2 aliphatic rings. The Morgan fingerprint density at radius 2 is 2.24 bits per heavy atom. The number of hydrogen-bond donors (Lipinski definition) is 3. The van der Waals surface area contributed by atoms with Gasteiger partial charge in [-0.25, -0.2) is 0 Å². The number of hydrogen-bond acceptors (Lipinski definition) is 3. The van der Waals surface area contributed by atoms with Gasteiger partial charge in [0.25, 0.3) is 5.91 Å². The van der Waals surface area contributed by atoms with E-state index >= 15 is 0 Å². The Kier molecular flexibility index (Phi) is 3.03. The van der Waals surface area contributed by atoms with Crippen LogP contribution < -0.4 is 5.32 Å². The van der Waals surface area contributed by atoms with Gasteiger partial charge >= 0.3 is 0 Å². The third-order valence-corrected chi connectivity index (χ3v) is 4.25. The van der Waals surface area contributed by atoms with E-state index in [2.05, 4.69) is 20.5 Å². The van der Waals surface area contributed by atoms with Crippen LogP contribution in [-0.2, 0) is 4.74 Å². The highest BCUT2D eigenvalue weighted by Crippen LogP contribution is 2.40. The van der Waals surface area contributed by atoms with Crippen molar-refractivity contribution in [3.63, 3.8) is 0 Å². The van der Waals surface area contributed by atoms with Crippen molar-refractivity contribution in [3.05, 3.63) is 41.5 Å². The first-order valence-electron chi connectivity index (χ1n) is 7.42. The Morgan fingerprint density at radius 1 is 1.33 bits per heavy atom. The molecule has 2 fully saturated rings. The van der Waals surface area contributed by atoms with Crippen LogP contribution >= 0.6 is 0 Å². The maximum Gasteiger partial charge on any atom is 0.253 e. The van der Waals surface area contributed by atoms with E-state index in [-0.39, 0.29) is 18.1 Å². The molecule has 4 rings (SSSR count). The van der Waals surface area contributed by atoms with Crippen LogP contribution in [0, 0.1) is 0 Å². The molecule has 0 bridgehead atoms. The molecule has 0 radical (unpaired) electrons. The van der Waals surface area contributed by atoms with E-state index < -0.39 is 0 Å². The summed E-state index contributed by atoms with van der Waals surface area (Å²) in [7, 11) is 0.